The summed E-state index contributed by atoms with van der Waals surface area (Å²) in [6, 6.07) is 8.78. The zero-order valence-corrected chi connectivity index (χ0v) is 13.9. The van der Waals surface area contributed by atoms with E-state index in [1.165, 1.54) is 12.3 Å². The molecule has 9 heteroatoms. The van der Waals surface area contributed by atoms with Crippen LogP contribution in [0.4, 0.5) is 18.9 Å². The van der Waals surface area contributed by atoms with E-state index in [2.05, 4.69) is 25.5 Å². The van der Waals surface area contributed by atoms with Crippen molar-refractivity contribution < 1.29 is 17.6 Å². The van der Waals surface area contributed by atoms with Gasteiger partial charge in [-0.15, -0.1) is 0 Å². The number of furan rings is 1. The van der Waals surface area contributed by atoms with Crippen LogP contribution in [0.2, 0.25) is 0 Å². The first kappa shape index (κ1) is 17.1. The Morgan fingerprint density at radius 3 is 2.81 bits per heavy atom. The third kappa shape index (κ3) is 3.62. The first-order valence-electron chi connectivity index (χ1n) is 8.16. The second kappa shape index (κ2) is 6.75. The Balaban J connectivity index is 1.46. The minimum absolute atomic E-state index is 0.287. The van der Waals surface area contributed by atoms with E-state index in [-0.39, 0.29) is 5.52 Å². The minimum atomic E-state index is -4.39. The summed E-state index contributed by atoms with van der Waals surface area (Å²) in [5, 5.41) is 10.8. The second-order valence-corrected chi connectivity index (χ2v) is 5.85. The molecule has 0 bridgehead atoms. The number of hydrogen-bond donors (Lipinski definition) is 2. The van der Waals surface area contributed by atoms with E-state index in [1.54, 1.807) is 24.5 Å². The molecule has 0 spiro atoms. The zero-order valence-electron chi connectivity index (χ0n) is 13.9. The fraction of sp³-hybridized carbons (Fsp3) is 0.167. The molecule has 3 aromatic heterocycles. The molecule has 1 aromatic carbocycles. The standard InChI is InChI=1S/C18H14F3N5O/c19-18(20,21)11-3-4-12-13(5-7-23-14(12)10-11)22-8-6-16-24-17(26-25-16)15-2-1-9-27-15/h1-5,7,9-10H,6,8H2,(H,22,23)(H,24,25,26). The van der Waals surface area contributed by atoms with Crippen molar-refractivity contribution in [3.8, 4) is 11.6 Å². The number of nitrogens with one attached hydrogen (secondary N) is 2. The van der Waals surface area contributed by atoms with Crippen molar-refractivity contribution in [1.82, 2.24) is 20.2 Å². The van der Waals surface area contributed by atoms with Crippen LogP contribution in [-0.2, 0) is 12.6 Å². The molecule has 0 amide bonds. The first-order valence-corrected chi connectivity index (χ1v) is 8.16. The quantitative estimate of drug-likeness (QED) is 0.546. The molecule has 0 unspecified atom stereocenters. The Kier molecular flexibility index (Phi) is 4.27. The van der Waals surface area contributed by atoms with Gasteiger partial charge in [0.25, 0.3) is 0 Å². The Labute approximate surface area is 151 Å². The van der Waals surface area contributed by atoms with E-state index < -0.39 is 11.7 Å². The Bertz CT molecular complexity index is 1060. The normalized spacial score (nSPS) is 11.8. The van der Waals surface area contributed by atoms with Crippen molar-refractivity contribution in [3.05, 3.63) is 60.2 Å². The number of alkyl halides is 3. The molecule has 0 saturated carbocycles. The van der Waals surface area contributed by atoms with Gasteiger partial charge < -0.3 is 9.73 Å². The number of halogens is 3. The van der Waals surface area contributed by atoms with Gasteiger partial charge in [0, 0.05) is 30.2 Å². The lowest BCUT2D eigenvalue weighted by molar-refractivity contribution is -0.137. The third-order valence-corrected chi connectivity index (χ3v) is 4.02. The van der Waals surface area contributed by atoms with Gasteiger partial charge in [-0.2, -0.15) is 18.3 Å². The molecule has 4 rings (SSSR count). The lowest BCUT2D eigenvalue weighted by atomic mass is 10.1. The highest BCUT2D eigenvalue weighted by Crippen LogP contribution is 2.32. The van der Waals surface area contributed by atoms with Gasteiger partial charge in [-0.05, 0) is 30.3 Å². The minimum Gasteiger partial charge on any atom is -0.461 e. The van der Waals surface area contributed by atoms with Crippen molar-refractivity contribution in [2.45, 2.75) is 12.6 Å². The molecule has 6 nitrogen and oxygen atoms in total. The Morgan fingerprint density at radius 1 is 1.15 bits per heavy atom. The monoisotopic (exact) mass is 373 g/mol. The highest BCUT2D eigenvalue weighted by molar-refractivity contribution is 5.91. The fourth-order valence-electron chi connectivity index (χ4n) is 2.72. The van der Waals surface area contributed by atoms with Gasteiger partial charge in [-0.25, -0.2) is 4.98 Å². The van der Waals surface area contributed by atoms with E-state index in [0.29, 0.717) is 41.4 Å². The van der Waals surface area contributed by atoms with Gasteiger partial charge in [0.2, 0.25) is 5.82 Å². The average molecular weight is 373 g/mol. The summed E-state index contributed by atoms with van der Waals surface area (Å²) in [5.74, 6) is 1.72. The summed E-state index contributed by atoms with van der Waals surface area (Å²) in [5.41, 5.74) is 0.279. The van der Waals surface area contributed by atoms with Crippen LogP contribution in [-0.4, -0.2) is 26.7 Å². The number of aromatic amines is 1. The Morgan fingerprint density at radius 2 is 2.04 bits per heavy atom. The maximum Gasteiger partial charge on any atom is 0.416 e. The van der Waals surface area contributed by atoms with E-state index in [9.17, 15) is 13.2 Å². The van der Waals surface area contributed by atoms with Gasteiger partial charge >= 0.3 is 6.18 Å². The smallest absolute Gasteiger partial charge is 0.416 e. The van der Waals surface area contributed by atoms with Crippen LogP contribution in [0.15, 0.2) is 53.3 Å². The van der Waals surface area contributed by atoms with Crippen molar-refractivity contribution in [2.75, 3.05) is 11.9 Å². The number of hydrogen-bond acceptors (Lipinski definition) is 5. The molecular weight excluding hydrogens is 359 g/mol. The van der Waals surface area contributed by atoms with E-state index >= 15 is 0 Å². The van der Waals surface area contributed by atoms with Gasteiger partial charge in [0.05, 0.1) is 17.3 Å². The topological polar surface area (TPSA) is 79.6 Å². The molecule has 0 aliphatic heterocycles. The molecule has 0 atom stereocenters. The van der Waals surface area contributed by atoms with Crippen LogP contribution in [0.3, 0.4) is 0 Å². The third-order valence-electron chi connectivity index (χ3n) is 4.02. The number of fused-ring (bicyclic) bond motifs is 1. The van der Waals surface area contributed by atoms with Crippen LogP contribution in [0.1, 0.15) is 11.4 Å². The van der Waals surface area contributed by atoms with Crippen LogP contribution in [0, 0.1) is 0 Å². The predicted octanol–water partition coefficient (Wildman–Crippen LogP) is 4.29. The van der Waals surface area contributed by atoms with Gasteiger partial charge in [-0.1, -0.05) is 6.07 Å². The number of nitrogens with zero attached hydrogens (tertiary/aromatic N) is 3. The summed E-state index contributed by atoms with van der Waals surface area (Å²) in [6.45, 7) is 0.521. The number of benzene rings is 1. The molecule has 0 saturated heterocycles. The maximum absolute atomic E-state index is 12.8. The molecule has 0 aliphatic carbocycles. The molecule has 0 aliphatic rings. The molecule has 0 fully saturated rings. The average Bonchev–Trinajstić information content (AvgIpc) is 3.32. The highest BCUT2D eigenvalue weighted by Gasteiger charge is 2.30. The molecule has 3 heterocycles. The molecule has 0 radical (unpaired) electrons. The Hall–Kier alpha value is -3.36. The molecule has 4 aromatic rings. The van der Waals surface area contributed by atoms with Crippen molar-refractivity contribution in [1.29, 1.82) is 0 Å². The van der Waals surface area contributed by atoms with Gasteiger partial charge in [-0.3, -0.25) is 10.1 Å². The summed E-state index contributed by atoms with van der Waals surface area (Å²) in [4.78, 5) is 8.38. The van der Waals surface area contributed by atoms with Crippen molar-refractivity contribution in [3.63, 3.8) is 0 Å². The largest absolute Gasteiger partial charge is 0.461 e. The van der Waals surface area contributed by atoms with E-state index in [4.69, 9.17) is 4.42 Å². The van der Waals surface area contributed by atoms with E-state index in [0.717, 1.165) is 12.1 Å². The lowest BCUT2D eigenvalue weighted by Crippen LogP contribution is -2.07. The number of aromatic nitrogens is 4. The van der Waals surface area contributed by atoms with Crippen LogP contribution < -0.4 is 5.32 Å². The molecule has 27 heavy (non-hydrogen) atoms. The summed E-state index contributed by atoms with van der Waals surface area (Å²) in [7, 11) is 0. The molecular formula is C18H14F3N5O. The maximum atomic E-state index is 12.8. The lowest BCUT2D eigenvalue weighted by Gasteiger charge is -2.11. The zero-order chi connectivity index (χ0) is 18.9. The van der Waals surface area contributed by atoms with Gasteiger partial charge in [0.1, 0.15) is 5.82 Å². The second-order valence-electron chi connectivity index (χ2n) is 5.85. The fourth-order valence-corrected chi connectivity index (χ4v) is 2.72. The number of H-pyrrole nitrogens is 1. The van der Waals surface area contributed by atoms with Crippen molar-refractivity contribution in [2.24, 2.45) is 0 Å². The van der Waals surface area contributed by atoms with Crippen LogP contribution in [0.5, 0.6) is 0 Å². The van der Waals surface area contributed by atoms with Crippen LogP contribution in [0.25, 0.3) is 22.5 Å². The number of rotatable bonds is 5. The SMILES string of the molecule is FC(F)(F)c1ccc2c(NCCc3nc(-c4ccco4)n[nH]3)ccnc2c1. The number of anilines is 1. The summed E-state index contributed by atoms with van der Waals surface area (Å²) in [6.07, 6.45) is -0.810. The summed E-state index contributed by atoms with van der Waals surface area (Å²) < 4.78 is 43.8. The molecule has 2 N–H and O–H groups in total. The highest BCUT2D eigenvalue weighted by atomic mass is 19.4. The van der Waals surface area contributed by atoms with Gasteiger partial charge in [0.15, 0.2) is 5.76 Å². The first-order chi connectivity index (χ1) is 13.0. The van der Waals surface area contributed by atoms with E-state index in [1.807, 2.05) is 0 Å². The predicted molar refractivity (Wildman–Crippen MR) is 93.0 cm³/mol. The summed E-state index contributed by atoms with van der Waals surface area (Å²) >= 11 is 0. The molecule has 138 valence electrons. The van der Waals surface area contributed by atoms with Crippen LogP contribution >= 0.6 is 0 Å². The van der Waals surface area contributed by atoms with Crippen molar-refractivity contribution >= 4 is 16.6 Å². The number of pyridine rings is 1.